The van der Waals surface area contributed by atoms with Crippen LogP contribution in [0.2, 0.25) is 0 Å². The van der Waals surface area contributed by atoms with Crippen LogP contribution in [-0.4, -0.2) is 41.4 Å². The van der Waals surface area contributed by atoms with Crippen molar-refractivity contribution in [3.63, 3.8) is 0 Å². The molecule has 0 aromatic carbocycles. The Labute approximate surface area is 102 Å². The van der Waals surface area contributed by atoms with Crippen molar-refractivity contribution >= 4 is 5.88 Å². The van der Waals surface area contributed by atoms with Crippen LogP contribution in [0.5, 0.6) is 0 Å². The van der Waals surface area contributed by atoms with Gasteiger partial charge in [0.15, 0.2) is 0 Å². The van der Waals surface area contributed by atoms with Crippen molar-refractivity contribution in [2.45, 2.75) is 39.3 Å². The molecule has 2 rings (SSSR count). The summed E-state index contributed by atoms with van der Waals surface area (Å²) in [7, 11) is 0. The number of nitrogens with zero attached hydrogens (tertiary/aromatic N) is 4. The van der Waals surface area contributed by atoms with E-state index < -0.39 is 0 Å². The molecule has 96 valence electrons. The largest absolute Gasteiger partial charge is 0.362 e. The van der Waals surface area contributed by atoms with Crippen molar-refractivity contribution in [3.05, 3.63) is 6.20 Å². The summed E-state index contributed by atoms with van der Waals surface area (Å²) in [5.41, 5.74) is 5.57. The van der Waals surface area contributed by atoms with Gasteiger partial charge in [0.05, 0.1) is 11.3 Å². The van der Waals surface area contributed by atoms with Gasteiger partial charge in [0.1, 0.15) is 5.54 Å². The van der Waals surface area contributed by atoms with E-state index >= 15 is 0 Å². The standard InChI is InChI=1S/C11H22N5O/c1-9(2)14-5-6-15(11(3,4)8-14)16-7-10(12)17-13-16/h7,9H,5-6,8,12H2,1-4H3/q+1. The highest BCUT2D eigenvalue weighted by Gasteiger charge is 2.41. The minimum atomic E-state index is 0.0104. The van der Waals surface area contributed by atoms with Crippen molar-refractivity contribution in [2.75, 3.05) is 30.4 Å². The van der Waals surface area contributed by atoms with E-state index in [1.54, 1.807) is 11.0 Å². The minimum Gasteiger partial charge on any atom is -0.362 e. The van der Waals surface area contributed by atoms with Crippen LogP contribution in [0.4, 0.5) is 5.88 Å². The Morgan fingerprint density at radius 1 is 1.47 bits per heavy atom. The zero-order valence-electron chi connectivity index (χ0n) is 11.1. The maximum Gasteiger partial charge on any atom is 0.296 e. The van der Waals surface area contributed by atoms with Crippen LogP contribution in [-0.2, 0) is 0 Å². The topological polar surface area (TPSA) is 62.4 Å². The Morgan fingerprint density at radius 3 is 2.65 bits per heavy atom. The molecule has 1 aromatic rings. The molecule has 6 heteroatoms. The summed E-state index contributed by atoms with van der Waals surface area (Å²) >= 11 is 0. The highest BCUT2D eigenvalue weighted by molar-refractivity contribution is 5.12. The van der Waals surface area contributed by atoms with Crippen molar-refractivity contribution in [3.8, 4) is 0 Å². The average molecular weight is 240 g/mol. The molecule has 0 saturated carbocycles. The quantitative estimate of drug-likeness (QED) is 0.736. The number of aromatic nitrogens is 2. The van der Waals surface area contributed by atoms with E-state index in [0.29, 0.717) is 11.9 Å². The van der Waals surface area contributed by atoms with Gasteiger partial charge >= 0.3 is 0 Å². The van der Waals surface area contributed by atoms with Crippen LogP contribution in [0.1, 0.15) is 27.7 Å². The van der Waals surface area contributed by atoms with Gasteiger partial charge in [-0.3, -0.25) is 9.42 Å². The van der Waals surface area contributed by atoms with Crippen LogP contribution in [0.25, 0.3) is 0 Å². The van der Waals surface area contributed by atoms with E-state index in [9.17, 15) is 0 Å². The van der Waals surface area contributed by atoms with Crippen molar-refractivity contribution in [1.82, 2.24) is 10.2 Å². The number of piperazine rings is 1. The maximum atomic E-state index is 5.56. The zero-order chi connectivity index (χ0) is 12.6. The molecule has 1 fully saturated rings. The lowest BCUT2D eigenvalue weighted by atomic mass is 10.00. The van der Waals surface area contributed by atoms with Gasteiger partial charge < -0.3 is 5.73 Å². The summed E-state index contributed by atoms with van der Waals surface area (Å²) < 4.78 is 4.92. The molecule has 1 aliphatic heterocycles. The average Bonchev–Trinajstić information content (AvgIpc) is 2.62. The minimum absolute atomic E-state index is 0.0104. The number of nitrogen functional groups attached to an aromatic ring is 1. The molecule has 2 N–H and O–H groups in total. The molecule has 6 nitrogen and oxygen atoms in total. The highest BCUT2D eigenvalue weighted by atomic mass is 16.5. The molecular weight excluding hydrogens is 218 g/mol. The molecule has 1 saturated heterocycles. The summed E-state index contributed by atoms with van der Waals surface area (Å²) in [6.07, 6.45) is 1.72. The maximum absolute atomic E-state index is 5.56. The molecular formula is C11H22N5O+. The van der Waals surface area contributed by atoms with E-state index in [4.69, 9.17) is 10.3 Å². The molecule has 1 aromatic heterocycles. The molecule has 0 aliphatic carbocycles. The molecule has 17 heavy (non-hydrogen) atoms. The first-order valence-electron chi connectivity index (χ1n) is 6.06. The second kappa shape index (κ2) is 4.18. The van der Waals surface area contributed by atoms with Gasteiger partial charge in [-0.25, -0.2) is 0 Å². The Kier molecular flexibility index (Phi) is 2.99. The van der Waals surface area contributed by atoms with Gasteiger partial charge in [0, 0.05) is 19.1 Å². The number of hydrogen-bond acceptors (Lipinski definition) is 5. The van der Waals surface area contributed by atoms with Gasteiger partial charge in [0.2, 0.25) is 5.27 Å². The summed E-state index contributed by atoms with van der Waals surface area (Å²) in [5.74, 6) is 0.340. The number of hydrogen-bond donors (Lipinski definition) is 1. The number of anilines is 1. The SMILES string of the molecule is CC(C)N1CCN([n+]2cc(N)on2)C(C)(C)C1. The lowest BCUT2D eigenvalue weighted by Gasteiger charge is -2.43. The number of rotatable bonds is 2. The Hall–Kier alpha value is -1.30. The summed E-state index contributed by atoms with van der Waals surface area (Å²) in [5, 5.41) is 6.12. The fourth-order valence-electron chi connectivity index (χ4n) is 2.37. The second-order valence-corrected chi connectivity index (χ2v) is 5.52. The van der Waals surface area contributed by atoms with Crippen LogP contribution >= 0.6 is 0 Å². The fourth-order valence-corrected chi connectivity index (χ4v) is 2.37. The Balaban J connectivity index is 2.16. The van der Waals surface area contributed by atoms with Crippen LogP contribution < -0.4 is 15.5 Å². The molecule has 0 bridgehead atoms. The zero-order valence-corrected chi connectivity index (χ0v) is 11.1. The lowest BCUT2D eigenvalue weighted by molar-refractivity contribution is -0.766. The second-order valence-electron chi connectivity index (χ2n) is 5.52. The molecule has 0 spiro atoms. The van der Waals surface area contributed by atoms with Crippen LogP contribution in [0.15, 0.2) is 10.7 Å². The summed E-state index contributed by atoms with van der Waals surface area (Å²) in [4.78, 5) is 4.19. The molecule has 0 unspecified atom stereocenters. The smallest absolute Gasteiger partial charge is 0.296 e. The third kappa shape index (κ3) is 2.36. The Morgan fingerprint density at radius 2 is 2.18 bits per heavy atom. The normalized spacial score (nSPS) is 21.1. The summed E-state index contributed by atoms with van der Waals surface area (Å²) in [6, 6.07) is 0.573. The van der Waals surface area contributed by atoms with Gasteiger partial charge in [0.25, 0.3) is 12.1 Å². The van der Waals surface area contributed by atoms with E-state index in [1.165, 1.54) is 0 Å². The lowest BCUT2D eigenvalue weighted by Crippen LogP contribution is -2.74. The van der Waals surface area contributed by atoms with E-state index in [0.717, 1.165) is 19.6 Å². The first-order valence-corrected chi connectivity index (χ1v) is 6.06. The molecule has 1 aliphatic rings. The molecule has 2 heterocycles. The fraction of sp³-hybridized carbons (Fsp3) is 0.818. The number of nitrogens with two attached hydrogens (primary N) is 1. The van der Waals surface area contributed by atoms with Gasteiger partial charge in [-0.15, -0.1) is 5.01 Å². The van der Waals surface area contributed by atoms with Gasteiger partial charge in [-0.2, -0.15) is 0 Å². The van der Waals surface area contributed by atoms with Crippen LogP contribution in [0, 0.1) is 0 Å². The van der Waals surface area contributed by atoms with Crippen LogP contribution in [0.3, 0.4) is 0 Å². The van der Waals surface area contributed by atoms with E-state index in [1.807, 2.05) is 0 Å². The summed E-state index contributed by atoms with van der Waals surface area (Å²) in [6.45, 7) is 11.8. The third-order valence-electron chi connectivity index (χ3n) is 3.34. The Bertz CT molecular complexity index is 387. The first kappa shape index (κ1) is 12.2. The monoisotopic (exact) mass is 240 g/mol. The predicted molar refractivity (Wildman–Crippen MR) is 65.0 cm³/mol. The molecule has 0 amide bonds. The van der Waals surface area contributed by atoms with Crippen molar-refractivity contribution in [1.29, 1.82) is 0 Å². The third-order valence-corrected chi connectivity index (χ3v) is 3.34. The van der Waals surface area contributed by atoms with Gasteiger partial charge in [-0.1, -0.05) is 0 Å². The van der Waals surface area contributed by atoms with Gasteiger partial charge in [-0.05, 0) is 27.7 Å². The first-order chi connectivity index (χ1) is 7.90. The predicted octanol–water partition coefficient (Wildman–Crippen LogP) is -0.0151. The highest BCUT2D eigenvalue weighted by Crippen LogP contribution is 2.18. The van der Waals surface area contributed by atoms with Crippen molar-refractivity contribution in [2.24, 2.45) is 0 Å². The van der Waals surface area contributed by atoms with Crippen molar-refractivity contribution < 1.29 is 9.31 Å². The molecule has 0 radical (unpaired) electrons. The van der Waals surface area contributed by atoms with E-state index in [-0.39, 0.29) is 5.54 Å². The van der Waals surface area contributed by atoms with E-state index in [2.05, 4.69) is 42.9 Å². The molecule has 0 atom stereocenters.